The van der Waals surface area contributed by atoms with Crippen LogP contribution >= 0.6 is 0 Å². The number of aryl methyl sites for hydroxylation is 2. The second-order valence-corrected chi connectivity index (χ2v) is 6.27. The molecule has 0 fully saturated rings. The highest BCUT2D eigenvalue weighted by molar-refractivity contribution is 6.09. The van der Waals surface area contributed by atoms with Gasteiger partial charge in [0.2, 0.25) is 0 Å². The lowest BCUT2D eigenvalue weighted by Crippen LogP contribution is -2.21. The van der Waals surface area contributed by atoms with E-state index in [1.165, 1.54) is 24.5 Å². The minimum atomic E-state index is -1.40. The molecule has 2 aromatic rings. The number of carboxylic acids is 2. The van der Waals surface area contributed by atoms with Crippen LogP contribution in [0.3, 0.4) is 0 Å². The molecule has 9 heteroatoms. The molecule has 2 rings (SSSR count). The minimum absolute atomic E-state index is 0.404. The molecule has 0 radical (unpaired) electrons. The predicted octanol–water partition coefficient (Wildman–Crippen LogP) is 2.78. The van der Waals surface area contributed by atoms with E-state index in [-0.39, 0.29) is 0 Å². The van der Waals surface area contributed by atoms with Crippen LogP contribution in [-0.2, 0) is 17.6 Å². The molecule has 0 aromatic carbocycles. The Morgan fingerprint density at radius 1 is 0.793 bits per heavy atom. The first-order valence-electron chi connectivity index (χ1n) is 8.99. The lowest BCUT2D eigenvalue weighted by Gasteiger charge is -2.09. The van der Waals surface area contributed by atoms with Crippen LogP contribution in [0.4, 0.5) is 0 Å². The van der Waals surface area contributed by atoms with Gasteiger partial charge < -0.3 is 14.9 Å². The molecule has 2 aromatic heterocycles. The fourth-order valence-corrected chi connectivity index (χ4v) is 2.70. The van der Waals surface area contributed by atoms with Crippen molar-refractivity contribution in [1.82, 2.24) is 9.97 Å². The number of hydrogen-bond donors (Lipinski definition) is 2. The predicted molar refractivity (Wildman–Crippen MR) is 100 cm³/mol. The van der Waals surface area contributed by atoms with Crippen LogP contribution in [-0.4, -0.2) is 44.1 Å². The first-order valence-corrected chi connectivity index (χ1v) is 8.99. The van der Waals surface area contributed by atoms with Gasteiger partial charge in [0.05, 0.1) is 11.1 Å². The first kappa shape index (κ1) is 21.7. The zero-order chi connectivity index (χ0) is 21.6. The summed E-state index contributed by atoms with van der Waals surface area (Å²) in [6.45, 7) is 3.81. The van der Waals surface area contributed by atoms with E-state index in [4.69, 9.17) is 0 Å². The van der Waals surface area contributed by atoms with Gasteiger partial charge >= 0.3 is 23.9 Å². The number of aromatic nitrogens is 2. The number of pyridine rings is 2. The topological polar surface area (TPSA) is 144 Å². The van der Waals surface area contributed by atoms with Crippen LogP contribution in [0.2, 0.25) is 0 Å². The van der Waals surface area contributed by atoms with Gasteiger partial charge in [-0.1, -0.05) is 26.7 Å². The van der Waals surface area contributed by atoms with Crippen molar-refractivity contribution in [2.45, 2.75) is 39.5 Å². The van der Waals surface area contributed by atoms with E-state index in [2.05, 4.69) is 14.7 Å². The summed E-state index contributed by atoms with van der Waals surface area (Å²) < 4.78 is 4.67. The average Bonchev–Trinajstić information content (AvgIpc) is 2.68. The Balaban J connectivity index is 2.33. The number of carboxylic acid groups (broad SMARTS) is 2. The summed E-state index contributed by atoms with van der Waals surface area (Å²) in [5, 5.41) is 18.7. The second-order valence-electron chi connectivity index (χ2n) is 6.27. The molecule has 0 spiro atoms. The lowest BCUT2D eigenvalue weighted by molar-refractivity contribution is 0.0378. The number of aromatic carboxylic acids is 2. The average molecular weight is 400 g/mol. The summed E-state index contributed by atoms with van der Waals surface area (Å²) in [6, 6.07) is 2.58. The zero-order valence-corrected chi connectivity index (χ0v) is 16.0. The molecule has 0 saturated heterocycles. The molecule has 0 amide bonds. The van der Waals surface area contributed by atoms with Crippen molar-refractivity contribution >= 4 is 23.9 Å². The Labute approximate surface area is 166 Å². The number of rotatable bonds is 8. The van der Waals surface area contributed by atoms with Crippen molar-refractivity contribution < 1.29 is 34.1 Å². The van der Waals surface area contributed by atoms with Gasteiger partial charge in [-0.05, 0) is 36.1 Å². The maximum atomic E-state index is 12.3. The van der Waals surface area contributed by atoms with Crippen molar-refractivity contribution in [3.8, 4) is 0 Å². The molecule has 0 saturated carbocycles. The van der Waals surface area contributed by atoms with E-state index in [0.717, 1.165) is 12.8 Å². The summed E-state index contributed by atoms with van der Waals surface area (Å²) in [7, 11) is 0. The monoisotopic (exact) mass is 400 g/mol. The fraction of sp³-hybridized carbons (Fsp3) is 0.300. The van der Waals surface area contributed by atoms with Gasteiger partial charge in [0.1, 0.15) is 0 Å². The van der Waals surface area contributed by atoms with E-state index in [1.807, 2.05) is 13.8 Å². The standard InChI is InChI=1S/C20H20N2O7/c1-3-5-11-7-13(17(23)24)15(21-9-11)19(27)29-20(28)16-14(18(25)26)8-12(6-4-2)10-22-16/h7-10H,3-6H2,1-2H3,(H,23,24)(H,25,26). The van der Waals surface area contributed by atoms with Crippen LogP contribution in [0.15, 0.2) is 24.5 Å². The molecule has 0 bridgehead atoms. The van der Waals surface area contributed by atoms with Crippen molar-refractivity contribution in [3.05, 3.63) is 58.2 Å². The van der Waals surface area contributed by atoms with Crippen molar-refractivity contribution in [3.63, 3.8) is 0 Å². The summed E-state index contributed by atoms with van der Waals surface area (Å²) in [5.74, 6) is -5.40. The van der Waals surface area contributed by atoms with Gasteiger partial charge in [-0.25, -0.2) is 29.1 Å². The lowest BCUT2D eigenvalue weighted by atomic mass is 10.1. The molecule has 0 unspecified atom stereocenters. The van der Waals surface area contributed by atoms with E-state index in [0.29, 0.717) is 24.0 Å². The highest BCUT2D eigenvalue weighted by atomic mass is 16.6. The Bertz CT molecular complexity index is 892. The molecule has 0 aliphatic carbocycles. The molecule has 2 N–H and O–H groups in total. The minimum Gasteiger partial charge on any atom is -0.478 e. The Morgan fingerprint density at radius 2 is 1.17 bits per heavy atom. The first-order chi connectivity index (χ1) is 13.8. The smallest absolute Gasteiger partial charge is 0.365 e. The number of hydrogen-bond acceptors (Lipinski definition) is 7. The number of carbonyl (C=O) groups excluding carboxylic acids is 2. The third kappa shape index (κ3) is 5.22. The highest BCUT2D eigenvalue weighted by Crippen LogP contribution is 2.16. The van der Waals surface area contributed by atoms with Gasteiger partial charge in [-0.15, -0.1) is 0 Å². The van der Waals surface area contributed by atoms with Crippen molar-refractivity contribution in [2.75, 3.05) is 0 Å². The van der Waals surface area contributed by atoms with Crippen LogP contribution in [0, 0.1) is 0 Å². The normalized spacial score (nSPS) is 10.4. The number of nitrogens with zero attached hydrogens (tertiary/aromatic N) is 2. The number of ether oxygens (including phenoxy) is 1. The van der Waals surface area contributed by atoms with Crippen molar-refractivity contribution in [1.29, 1.82) is 0 Å². The van der Waals surface area contributed by atoms with E-state index >= 15 is 0 Å². The fourth-order valence-electron chi connectivity index (χ4n) is 2.70. The summed E-state index contributed by atoms with van der Waals surface area (Å²) in [4.78, 5) is 55.2. The van der Waals surface area contributed by atoms with Gasteiger partial charge in [0.15, 0.2) is 11.4 Å². The van der Waals surface area contributed by atoms with Crippen LogP contribution < -0.4 is 0 Å². The van der Waals surface area contributed by atoms with E-state index in [9.17, 15) is 29.4 Å². The summed E-state index contributed by atoms with van der Waals surface area (Å²) in [5.41, 5.74) is -0.671. The Kier molecular flexibility index (Phi) is 7.13. The third-order valence-corrected chi connectivity index (χ3v) is 4.00. The zero-order valence-electron chi connectivity index (χ0n) is 16.0. The maximum Gasteiger partial charge on any atom is 0.365 e. The quantitative estimate of drug-likeness (QED) is 0.505. The molecule has 0 aliphatic rings. The summed E-state index contributed by atoms with van der Waals surface area (Å²) in [6.07, 6.45) is 5.30. The molecule has 9 nitrogen and oxygen atoms in total. The number of esters is 2. The van der Waals surface area contributed by atoms with E-state index in [1.54, 1.807) is 0 Å². The Hall–Kier alpha value is -3.62. The van der Waals surface area contributed by atoms with Crippen LogP contribution in [0.25, 0.3) is 0 Å². The molecule has 0 atom stereocenters. The van der Waals surface area contributed by atoms with Crippen LogP contribution in [0.5, 0.6) is 0 Å². The summed E-state index contributed by atoms with van der Waals surface area (Å²) >= 11 is 0. The second kappa shape index (κ2) is 9.54. The largest absolute Gasteiger partial charge is 0.478 e. The van der Waals surface area contributed by atoms with E-state index < -0.39 is 46.4 Å². The van der Waals surface area contributed by atoms with Crippen LogP contribution in [0.1, 0.15) is 79.5 Å². The molecule has 0 aliphatic heterocycles. The van der Waals surface area contributed by atoms with Gasteiger partial charge in [-0.2, -0.15) is 0 Å². The van der Waals surface area contributed by atoms with Crippen molar-refractivity contribution in [2.24, 2.45) is 0 Å². The van der Waals surface area contributed by atoms with Gasteiger partial charge in [0.25, 0.3) is 0 Å². The number of carbonyl (C=O) groups is 4. The van der Waals surface area contributed by atoms with Gasteiger partial charge in [0, 0.05) is 12.4 Å². The Morgan fingerprint density at radius 3 is 1.48 bits per heavy atom. The highest BCUT2D eigenvalue weighted by Gasteiger charge is 2.27. The molecular weight excluding hydrogens is 380 g/mol. The molecule has 2 heterocycles. The SMILES string of the molecule is CCCc1cnc(C(=O)OC(=O)c2ncc(CCC)cc2C(=O)O)c(C(=O)O)c1. The van der Waals surface area contributed by atoms with Gasteiger partial charge in [-0.3, -0.25) is 0 Å². The molecule has 152 valence electrons. The maximum absolute atomic E-state index is 12.3. The molecular formula is C20H20N2O7. The third-order valence-electron chi connectivity index (χ3n) is 4.00. The molecule has 29 heavy (non-hydrogen) atoms.